The molecule has 0 aromatic carbocycles. The summed E-state index contributed by atoms with van der Waals surface area (Å²) in [6, 6.07) is 2.99. The fourth-order valence-corrected chi connectivity index (χ4v) is 5.15. The van der Waals surface area contributed by atoms with Crippen molar-refractivity contribution in [1.29, 1.82) is 0 Å². The standard InChI is InChI=1S/C19H22N2/c1-2-7-17-13(4-1)8-9-14-5-3-6-15-16-12-20-11-10-18(16)21(17)19(14)15/h3,6,10-14,17H,1-2,4-5,7-9H2. The van der Waals surface area contributed by atoms with Crippen LogP contribution in [-0.4, -0.2) is 9.55 Å². The molecule has 0 spiro atoms. The minimum atomic E-state index is 0.739. The lowest BCUT2D eigenvalue weighted by molar-refractivity contribution is 0.237. The number of hydrogen-bond acceptors (Lipinski definition) is 1. The molecule has 2 nitrogen and oxygen atoms in total. The van der Waals surface area contributed by atoms with Crippen molar-refractivity contribution < 1.29 is 0 Å². The Morgan fingerprint density at radius 1 is 1.10 bits per heavy atom. The van der Waals surface area contributed by atoms with Crippen LogP contribution in [0.4, 0.5) is 0 Å². The van der Waals surface area contributed by atoms with Crippen molar-refractivity contribution in [2.24, 2.45) is 5.92 Å². The Balaban J connectivity index is 1.84. The molecule has 0 amide bonds. The highest BCUT2D eigenvalue weighted by Crippen LogP contribution is 2.49. The van der Waals surface area contributed by atoms with Crippen LogP contribution in [-0.2, 0) is 0 Å². The van der Waals surface area contributed by atoms with Crippen molar-refractivity contribution >= 4 is 17.0 Å². The number of allylic oxidation sites excluding steroid dienone is 1. The van der Waals surface area contributed by atoms with Crippen LogP contribution in [0.3, 0.4) is 0 Å². The van der Waals surface area contributed by atoms with Crippen LogP contribution in [0.25, 0.3) is 17.0 Å². The highest BCUT2D eigenvalue weighted by molar-refractivity contribution is 5.91. The first-order valence-corrected chi connectivity index (χ1v) is 8.58. The molecule has 108 valence electrons. The van der Waals surface area contributed by atoms with Crippen molar-refractivity contribution in [3.8, 4) is 0 Å². The molecule has 3 heterocycles. The fourth-order valence-electron chi connectivity index (χ4n) is 5.15. The second-order valence-corrected chi connectivity index (χ2v) is 7.09. The largest absolute Gasteiger partial charge is 0.340 e. The van der Waals surface area contributed by atoms with Crippen molar-refractivity contribution in [3.63, 3.8) is 0 Å². The second-order valence-electron chi connectivity index (χ2n) is 7.09. The van der Waals surface area contributed by atoms with Gasteiger partial charge in [-0.05, 0) is 44.1 Å². The molecule has 5 rings (SSSR count). The molecule has 21 heavy (non-hydrogen) atoms. The van der Waals surface area contributed by atoms with Gasteiger partial charge in [0.05, 0.1) is 5.52 Å². The van der Waals surface area contributed by atoms with Crippen LogP contribution >= 0.6 is 0 Å². The molecule has 3 aliphatic rings. The molecule has 2 aromatic rings. The Morgan fingerprint density at radius 2 is 2.05 bits per heavy atom. The van der Waals surface area contributed by atoms with E-state index in [1.54, 1.807) is 5.69 Å². The summed E-state index contributed by atoms with van der Waals surface area (Å²) in [7, 11) is 0. The van der Waals surface area contributed by atoms with E-state index in [1.165, 1.54) is 61.4 Å². The molecular weight excluding hydrogens is 256 g/mol. The lowest BCUT2D eigenvalue weighted by atomic mass is 9.80. The fraction of sp³-hybridized carbons (Fsp3) is 0.526. The summed E-state index contributed by atoms with van der Waals surface area (Å²) in [6.45, 7) is 0. The molecule has 3 atom stereocenters. The molecule has 1 saturated carbocycles. The molecule has 1 fully saturated rings. The van der Waals surface area contributed by atoms with Crippen molar-refractivity contribution in [2.45, 2.75) is 56.9 Å². The minimum Gasteiger partial charge on any atom is -0.340 e. The summed E-state index contributed by atoms with van der Waals surface area (Å²) in [4.78, 5) is 4.39. The summed E-state index contributed by atoms with van der Waals surface area (Å²) in [6.07, 6.45) is 18.5. The molecule has 0 N–H and O–H groups in total. The number of pyridine rings is 1. The molecule has 3 unspecified atom stereocenters. The first-order chi connectivity index (χ1) is 10.4. The quantitative estimate of drug-likeness (QED) is 0.658. The maximum absolute atomic E-state index is 4.39. The van der Waals surface area contributed by atoms with E-state index in [9.17, 15) is 0 Å². The Bertz CT molecular complexity index is 724. The van der Waals surface area contributed by atoms with Gasteiger partial charge < -0.3 is 4.57 Å². The summed E-state index contributed by atoms with van der Waals surface area (Å²) >= 11 is 0. The average Bonchev–Trinajstić information content (AvgIpc) is 2.78. The van der Waals surface area contributed by atoms with E-state index in [4.69, 9.17) is 0 Å². The third kappa shape index (κ3) is 1.62. The monoisotopic (exact) mass is 278 g/mol. The highest BCUT2D eigenvalue weighted by Gasteiger charge is 2.36. The van der Waals surface area contributed by atoms with Gasteiger partial charge >= 0.3 is 0 Å². The van der Waals surface area contributed by atoms with Gasteiger partial charge in [-0.1, -0.05) is 25.0 Å². The highest BCUT2D eigenvalue weighted by atomic mass is 15.1. The zero-order chi connectivity index (χ0) is 13.8. The topological polar surface area (TPSA) is 17.8 Å². The van der Waals surface area contributed by atoms with E-state index in [0.717, 1.165) is 17.9 Å². The van der Waals surface area contributed by atoms with E-state index < -0.39 is 0 Å². The number of hydrogen-bond donors (Lipinski definition) is 0. The van der Waals surface area contributed by atoms with Crippen LogP contribution in [0.5, 0.6) is 0 Å². The third-order valence-corrected chi connectivity index (χ3v) is 6.06. The average molecular weight is 278 g/mol. The molecule has 2 aliphatic carbocycles. The Labute approximate surface area is 125 Å². The van der Waals surface area contributed by atoms with E-state index in [1.807, 2.05) is 6.20 Å². The predicted octanol–water partition coefficient (Wildman–Crippen LogP) is 5.06. The van der Waals surface area contributed by atoms with Gasteiger partial charge in [-0.15, -0.1) is 0 Å². The van der Waals surface area contributed by atoms with Crippen LogP contribution < -0.4 is 0 Å². The first kappa shape index (κ1) is 12.0. The second kappa shape index (κ2) is 4.46. The van der Waals surface area contributed by atoms with Gasteiger partial charge in [-0.25, -0.2) is 0 Å². The molecular formula is C19H22N2. The molecule has 2 heteroatoms. The maximum Gasteiger partial charge on any atom is 0.0522 e. The van der Waals surface area contributed by atoms with Crippen LogP contribution in [0.2, 0.25) is 0 Å². The SMILES string of the molecule is C1=Cc2c3n(c4ccncc24)C2CCCCC2CCC3C1. The van der Waals surface area contributed by atoms with Gasteiger partial charge in [-0.2, -0.15) is 0 Å². The molecule has 0 radical (unpaired) electrons. The van der Waals surface area contributed by atoms with Gasteiger partial charge in [0.25, 0.3) is 0 Å². The maximum atomic E-state index is 4.39. The first-order valence-electron chi connectivity index (χ1n) is 8.58. The number of rotatable bonds is 0. The third-order valence-electron chi connectivity index (χ3n) is 6.06. The van der Waals surface area contributed by atoms with Gasteiger partial charge in [0.2, 0.25) is 0 Å². The van der Waals surface area contributed by atoms with Crippen molar-refractivity contribution in [1.82, 2.24) is 9.55 Å². The number of aromatic nitrogens is 2. The van der Waals surface area contributed by atoms with Gasteiger partial charge in [0, 0.05) is 41.0 Å². The summed E-state index contributed by atoms with van der Waals surface area (Å²) in [5.41, 5.74) is 4.54. The zero-order valence-electron chi connectivity index (χ0n) is 12.5. The Morgan fingerprint density at radius 3 is 3.05 bits per heavy atom. The van der Waals surface area contributed by atoms with Crippen LogP contribution in [0.15, 0.2) is 24.5 Å². The molecule has 2 aromatic heterocycles. The van der Waals surface area contributed by atoms with E-state index >= 15 is 0 Å². The molecule has 0 saturated heterocycles. The van der Waals surface area contributed by atoms with Crippen molar-refractivity contribution in [3.05, 3.63) is 35.8 Å². The molecule has 0 bridgehead atoms. The summed E-state index contributed by atoms with van der Waals surface area (Å²) in [5, 5.41) is 1.37. The minimum absolute atomic E-state index is 0.739. The Hall–Kier alpha value is -1.57. The van der Waals surface area contributed by atoms with Crippen LogP contribution in [0.1, 0.15) is 68.2 Å². The zero-order valence-corrected chi connectivity index (χ0v) is 12.5. The smallest absolute Gasteiger partial charge is 0.0522 e. The van der Waals surface area contributed by atoms with Gasteiger partial charge in [-0.3, -0.25) is 4.98 Å². The molecule has 1 aliphatic heterocycles. The van der Waals surface area contributed by atoms with E-state index in [2.05, 4.69) is 34.0 Å². The lowest BCUT2D eigenvalue weighted by Crippen LogP contribution is -2.22. The van der Waals surface area contributed by atoms with E-state index in [-0.39, 0.29) is 0 Å². The van der Waals surface area contributed by atoms with E-state index in [0.29, 0.717) is 0 Å². The normalized spacial score (nSPS) is 30.8. The van der Waals surface area contributed by atoms with Crippen LogP contribution in [0, 0.1) is 5.92 Å². The van der Waals surface area contributed by atoms with Gasteiger partial charge in [0.1, 0.15) is 0 Å². The summed E-state index contributed by atoms with van der Waals surface area (Å²) < 4.78 is 2.75. The predicted molar refractivity (Wildman–Crippen MR) is 86.4 cm³/mol. The number of fused-ring (bicyclic) bond motifs is 5. The number of nitrogens with zero attached hydrogens (tertiary/aromatic N) is 2. The van der Waals surface area contributed by atoms with Gasteiger partial charge in [0.15, 0.2) is 0 Å². The lowest BCUT2D eigenvalue weighted by Gasteiger charge is -2.32. The summed E-state index contributed by atoms with van der Waals surface area (Å²) in [5.74, 6) is 1.64. The van der Waals surface area contributed by atoms with Crippen molar-refractivity contribution in [2.75, 3.05) is 0 Å². The Kier molecular flexibility index (Phi) is 2.55.